The number of hydrogen-bond donors (Lipinski definition) is 2. The van der Waals surface area contributed by atoms with E-state index in [0.717, 1.165) is 19.3 Å². The lowest BCUT2D eigenvalue weighted by Gasteiger charge is -2.25. The van der Waals surface area contributed by atoms with Gasteiger partial charge in [0.2, 0.25) is 0 Å². The van der Waals surface area contributed by atoms with Crippen molar-refractivity contribution < 1.29 is 19.7 Å². The van der Waals surface area contributed by atoms with Gasteiger partial charge in [-0.15, -0.1) is 0 Å². The third-order valence-electron chi connectivity index (χ3n) is 2.80. The number of esters is 1. The fourth-order valence-electron chi connectivity index (χ4n) is 1.73. The number of cyclic esters (lactones) is 1. The van der Waals surface area contributed by atoms with E-state index in [4.69, 9.17) is 14.9 Å². The van der Waals surface area contributed by atoms with Gasteiger partial charge in [-0.3, -0.25) is 4.79 Å². The monoisotopic (exact) mass is 202 g/mol. The standard InChI is InChI=1S/C10H18O4/c1-10(6-4-8(11)12)5-2-3-7-14-9(10)13/h8,11-12H,2-7H2,1H3. The maximum Gasteiger partial charge on any atom is 0.311 e. The van der Waals surface area contributed by atoms with Crippen molar-refractivity contribution in [3.8, 4) is 0 Å². The molecular formula is C10H18O4. The molecule has 0 spiro atoms. The Balaban J connectivity index is 2.54. The zero-order valence-electron chi connectivity index (χ0n) is 8.53. The van der Waals surface area contributed by atoms with E-state index in [-0.39, 0.29) is 12.4 Å². The number of hydrogen-bond acceptors (Lipinski definition) is 4. The van der Waals surface area contributed by atoms with Crippen molar-refractivity contribution in [3.63, 3.8) is 0 Å². The Morgan fingerprint density at radius 3 is 2.86 bits per heavy atom. The van der Waals surface area contributed by atoms with Crippen molar-refractivity contribution in [2.45, 2.75) is 45.3 Å². The van der Waals surface area contributed by atoms with Crippen LogP contribution in [0, 0.1) is 5.41 Å². The van der Waals surface area contributed by atoms with Crippen LogP contribution < -0.4 is 0 Å². The number of rotatable bonds is 3. The molecule has 1 unspecified atom stereocenters. The van der Waals surface area contributed by atoms with Crippen LogP contribution in [-0.2, 0) is 9.53 Å². The van der Waals surface area contributed by atoms with Gasteiger partial charge in [0.25, 0.3) is 0 Å². The van der Waals surface area contributed by atoms with Gasteiger partial charge in [-0.1, -0.05) is 0 Å². The predicted molar refractivity (Wildman–Crippen MR) is 50.4 cm³/mol. The van der Waals surface area contributed by atoms with Crippen LogP contribution in [0.25, 0.3) is 0 Å². The third kappa shape index (κ3) is 2.96. The van der Waals surface area contributed by atoms with Gasteiger partial charge in [0.05, 0.1) is 12.0 Å². The molecule has 82 valence electrons. The third-order valence-corrected chi connectivity index (χ3v) is 2.80. The summed E-state index contributed by atoms with van der Waals surface area (Å²) >= 11 is 0. The highest BCUT2D eigenvalue weighted by atomic mass is 16.5. The molecule has 0 aromatic heterocycles. The Kier molecular flexibility index (Phi) is 3.89. The first-order valence-electron chi connectivity index (χ1n) is 5.08. The zero-order valence-corrected chi connectivity index (χ0v) is 8.53. The summed E-state index contributed by atoms with van der Waals surface area (Å²) in [5.41, 5.74) is -0.528. The van der Waals surface area contributed by atoms with Crippen molar-refractivity contribution in [1.29, 1.82) is 0 Å². The molecule has 1 saturated heterocycles. The number of aliphatic hydroxyl groups excluding tert-OH is 1. The van der Waals surface area contributed by atoms with Crippen LogP contribution in [0.2, 0.25) is 0 Å². The second-order valence-corrected chi connectivity index (χ2v) is 4.17. The highest BCUT2D eigenvalue weighted by molar-refractivity contribution is 5.76. The van der Waals surface area contributed by atoms with Crippen molar-refractivity contribution in [2.24, 2.45) is 5.41 Å². The summed E-state index contributed by atoms with van der Waals surface area (Å²) in [6, 6.07) is 0. The van der Waals surface area contributed by atoms with Crippen LogP contribution in [0.1, 0.15) is 39.0 Å². The zero-order chi connectivity index (χ0) is 10.6. The molecule has 1 heterocycles. The maximum absolute atomic E-state index is 11.6. The summed E-state index contributed by atoms with van der Waals surface area (Å²) in [5, 5.41) is 17.5. The van der Waals surface area contributed by atoms with Crippen molar-refractivity contribution in [3.05, 3.63) is 0 Å². The van der Waals surface area contributed by atoms with Gasteiger partial charge in [0.15, 0.2) is 6.29 Å². The minimum Gasteiger partial charge on any atom is -0.465 e. The van der Waals surface area contributed by atoms with Crippen LogP contribution in [0.4, 0.5) is 0 Å². The van der Waals surface area contributed by atoms with E-state index in [9.17, 15) is 4.79 Å². The van der Waals surface area contributed by atoms with Crippen molar-refractivity contribution in [2.75, 3.05) is 6.61 Å². The normalized spacial score (nSPS) is 28.7. The summed E-state index contributed by atoms with van der Waals surface area (Å²) in [7, 11) is 0. The lowest BCUT2D eigenvalue weighted by atomic mass is 9.81. The quantitative estimate of drug-likeness (QED) is 0.525. The van der Waals surface area contributed by atoms with E-state index < -0.39 is 11.7 Å². The van der Waals surface area contributed by atoms with E-state index in [2.05, 4.69) is 0 Å². The smallest absolute Gasteiger partial charge is 0.311 e. The number of aliphatic hydroxyl groups is 2. The Morgan fingerprint density at radius 2 is 2.21 bits per heavy atom. The topological polar surface area (TPSA) is 66.8 Å². The Bertz CT molecular complexity index is 202. The van der Waals surface area contributed by atoms with E-state index in [0.29, 0.717) is 13.0 Å². The summed E-state index contributed by atoms with van der Waals surface area (Å²) in [5.74, 6) is -0.198. The van der Waals surface area contributed by atoms with E-state index >= 15 is 0 Å². The minimum atomic E-state index is -1.33. The van der Waals surface area contributed by atoms with Gasteiger partial charge < -0.3 is 14.9 Å². The molecule has 1 fully saturated rings. The van der Waals surface area contributed by atoms with Gasteiger partial charge in [0.1, 0.15) is 0 Å². The molecule has 0 bridgehead atoms. The van der Waals surface area contributed by atoms with Gasteiger partial charge >= 0.3 is 5.97 Å². The number of ether oxygens (including phenoxy) is 1. The Morgan fingerprint density at radius 1 is 1.50 bits per heavy atom. The van der Waals surface area contributed by atoms with Crippen LogP contribution >= 0.6 is 0 Å². The number of carbonyl (C=O) groups is 1. The largest absolute Gasteiger partial charge is 0.465 e. The molecule has 0 aliphatic carbocycles. The second-order valence-electron chi connectivity index (χ2n) is 4.17. The molecular weight excluding hydrogens is 184 g/mol. The maximum atomic E-state index is 11.6. The molecule has 1 aliphatic rings. The molecule has 0 aromatic carbocycles. The molecule has 1 atom stereocenters. The summed E-state index contributed by atoms with van der Waals surface area (Å²) in [6.45, 7) is 2.33. The molecule has 1 aliphatic heterocycles. The van der Waals surface area contributed by atoms with Gasteiger partial charge in [-0.05, 0) is 39.0 Å². The molecule has 0 aromatic rings. The fraction of sp³-hybridized carbons (Fsp3) is 0.900. The minimum absolute atomic E-state index is 0.198. The molecule has 14 heavy (non-hydrogen) atoms. The molecule has 4 nitrogen and oxygen atoms in total. The van der Waals surface area contributed by atoms with Crippen LogP contribution in [0.15, 0.2) is 0 Å². The lowest BCUT2D eigenvalue weighted by molar-refractivity contribution is -0.155. The average molecular weight is 202 g/mol. The number of carbonyl (C=O) groups excluding carboxylic acids is 1. The average Bonchev–Trinajstić information content (AvgIpc) is 2.28. The SMILES string of the molecule is CC1(CCC(O)O)CCCCOC1=O. The fourth-order valence-corrected chi connectivity index (χ4v) is 1.73. The molecule has 0 amide bonds. The second kappa shape index (κ2) is 4.75. The lowest BCUT2D eigenvalue weighted by Crippen LogP contribution is -2.29. The Hall–Kier alpha value is -0.610. The highest BCUT2D eigenvalue weighted by Crippen LogP contribution is 2.33. The molecule has 2 N–H and O–H groups in total. The van der Waals surface area contributed by atoms with E-state index in [1.165, 1.54) is 0 Å². The van der Waals surface area contributed by atoms with Gasteiger partial charge in [0, 0.05) is 0 Å². The van der Waals surface area contributed by atoms with Gasteiger partial charge in [-0.2, -0.15) is 0 Å². The first-order chi connectivity index (χ1) is 6.54. The van der Waals surface area contributed by atoms with Crippen molar-refractivity contribution >= 4 is 5.97 Å². The van der Waals surface area contributed by atoms with E-state index in [1.54, 1.807) is 0 Å². The van der Waals surface area contributed by atoms with Crippen LogP contribution in [0.3, 0.4) is 0 Å². The Labute approximate surface area is 83.9 Å². The molecule has 0 radical (unpaired) electrons. The van der Waals surface area contributed by atoms with Crippen LogP contribution in [-0.4, -0.2) is 29.1 Å². The summed E-state index contributed by atoms with van der Waals surface area (Å²) in [6.07, 6.45) is 2.02. The highest BCUT2D eigenvalue weighted by Gasteiger charge is 2.35. The van der Waals surface area contributed by atoms with E-state index in [1.807, 2.05) is 6.92 Å². The summed E-state index contributed by atoms with van der Waals surface area (Å²) < 4.78 is 5.05. The van der Waals surface area contributed by atoms with Crippen LogP contribution in [0.5, 0.6) is 0 Å². The van der Waals surface area contributed by atoms with Crippen molar-refractivity contribution in [1.82, 2.24) is 0 Å². The molecule has 0 saturated carbocycles. The summed E-state index contributed by atoms with van der Waals surface area (Å²) in [4.78, 5) is 11.6. The first-order valence-corrected chi connectivity index (χ1v) is 5.08. The first kappa shape index (κ1) is 11.5. The predicted octanol–water partition coefficient (Wildman–Crippen LogP) is 0.811. The molecule has 4 heteroatoms. The van der Waals surface area contributed by atoms with Gasteiger partial charge in [-0.25, -0.2) is 0 Å². The molecule has 1 rings (SSSR count).